The molecule has 1 saturated heterocycles. The highest BCUT2D eigenvalue weighted by molar-refractivity contribution is 5.79. The van der Waals surface area contributed by atoms with Crippen LogP contribution in [0.15, 0.2) is 0 Å². The first-order valence-electron chi connectivity index (χ1n) is 9.10. The fraction of sp³-hybridized carbons (Fsp3) is 0.889. The van der Waals surface area contributed by atoms with Gasteiger partial charge in [0.25, 0.3) is 0 Å². The summed E-state index contributed by atoms with van der Waals surface area (Å²) in [5.74, 6) is 1.55. The van der Waals surface area contributed by atoms with Crippen molar-refractivity contribution in [3.05, 3.63) is 0 Å². The van der Waals surface area contributed by atoms with E-state index < -0.39 is 0 Å². The lowest BCUT2D eigenvalue weighted by molar-refractivity contribution is -0.130. The van der Waals surface area contributed by atoms with Gasteiger partial charge >= 0.3 is 0 Å². The van der Waals surface area contributed by atoms with Crippen LogP contribution in [0.2, 0.25) is 0 Å². The molecule has 2 saturated carbocycles. The molecule has 3 rings (SSSR count). The van der Waals surface area contributed by atoms with Crippen LogP contribution in [0.3, 0.4) is 0 Å². The Bertz CT molecular complexity index is 473. The Morgan fingerprint density at radius 3 is 2.70 bits per heavy atom. The van der Waals surface area contributed by atoms with Crippen molar-refractivity contribution in [2.45, 2.75) is 70.1 Å². The molecule has 0 aromatic rings. The van der Waals surface area contributed by atoms with Crippen LogP contribution < -0.4 is 5.32 Å². The molecule has 23 heavy (non-hydrogen) atoms. The summed E-state index contributed by atoms with van der Waals surface area (Å²) >= 11 is 0. The van der Waals surface area contributed by atoms with Crippen LogP contribution in [0.25, 0.3) is 0 Å². The molecule has 0 aromatic heterocycles. The predicted octanol–water partition coefficient (Wildman–Crippen LogP) is 2.07. The fourth-order valence-electron chi connectivity index (χ4n) is 5.00. The number of hydrogen-bond donors (Lipinski definition) is 1. The summed E-state index contributed by atoms with van der Waals surface area (Å²) in [5.41, 5.74) is 0.0596. The molecule has 0 spiro atoms. The van der Waals surface area contributed by atoms with Crippen molar-refractivity contribution in [1.82, 2.24) is 10.2 Å². The molecule has 5 nitrogen and oxygen atoms in total. The molecule has 3 aliphatic rings. The molecule has 5 heteroatoms. The van der Waals surface area contributed by atoms with Crippen molar-refractivity contribution in [1.29, 1.82) is 5.26 Å². The van der Waals surface area contributed by atoms with E-state index in [4.69, 9.17) is 10.00 Å². The number of nitrogens with zero attached hydrogens (tertiary/aromatic N) is 2. The zero-order chi connectivity index (χ0) is 16.4. The molecule has 0 radical (unpaired) electrons. The van der Waals surface area contributed by atoms with Gasteiger partial charge in [0.1, 0.15) is 6.04 Å². The standard InChI is InChI=1S/C18H29N3O2/c1-3-23-16-7-13-9-18(2,10-14(13)8-16)20-12-17(22)21-6-4-5-15(21)11-19/h13-16,20H,3-10,12H2,1-2H3/t13-,14+,15-,16-,18-/m0/s1. The van der Waals surface area contributed by atoms with Crippen LogP contribution in [0, 0.1) is 23.2 Å². The maximum absolute atomic E-state index is 12.4. The van der Waals surface area contributed by atoms with Crippen LogP contribution >= 0.6 is 0 Å². The van der Waals surface area contributed by atoms with E-state index in [9.17, 15) is 4.79 Å². The molecular formula is C18H29N3O2. The largest absolute Gasteiger partial charge is 0.378 e. The number of amides is 1. The van der Waals surface area contributed by atoms with Gasteiger partial charge in [-0.05, 0) is 64.2 Å². The highest BCUT2D eigenvalue weighted by Gasteiger charge is 2.47. The lowest BCUT2D eigenvalue weighted by Crippen LogP contribution is -2.48. The topological polar surface area (TPSA) is 65.4 Å². The Morgan fingerprint density at radius 1 is 1.39 bits per heavy atom. The predicted molar refractivity (Wildman–Crippen MR) is 87.6 cm³/mol. The monoisotopic (exact) mass is 319 g/mol. The average Bonchev–Trinajstić information content (AvgIpc) is 3.18. The smallest absolute Gasteiger partial charge is 0.237 e. The molecular weight excluding hydrogens is 290 g/mol. The van der Waals surface area contributed by atoms with Gasteiger partial charge < -0.3 is 15.0 Å². The van der Waals surface area contributed by atoms with Gasteiger partial charge in [-0.2, -0.15) is 5.26 Å². The lowest BCUT2D eigenvalue weighted by atomic mass is 9.95. The van der Waals surface area contributed by atoms with Crippen LogP contribution in [-0.4, -0.2) is 48.2 Å². The Balaban J connectivity index is 1.48. The van der Waals surface area contributed by atoms with Gasteiger partial charge in [-0.25, -0.2) is 0 Å². The van der Waals surface area contributed by atoms with E-state index in [1.807, 2.05) is 0 Å². The van der Waals surface area contributed by atoms with Gasteiger partial charge in [-0.1, -0.05) is 0 Å². The number of fused-ring (bicyclic) bond motifs is 1. The number of hydrogen-bond acceptors (Lipinski definition) is 4. The quantitative estimate of drug-likeness (QED) is 0.842. The molecule has 1 aliphatic heterocycles. The number of carbonyl (C=O) groups is 1. The summed E-state index contributed by atoms with van der Waals surface area (Å²) in [6, 6.07) is 2.03. The van der Waals surface area contributed by atoms with Gasteiger partial charge in [-0.3, -0.25) is 4.79 Å². The van der Waals surface area contributed by atoms with Crippen molar-refractivity contribution in [2.24, 2.45) is 11.8 Å². The number of carbonyl (C=O) groups excluding carboxylic acids is 1. The summed E-state index contributed by atoms with van der Waals surface area (Å²) in [7, 11) is 0. The summed E-state index contributed by atoms with van der Waals surface area (Å²) in [6.07, 6.45) is 6.83. The van der Waals surface area contributed by atoms with Gasteiger partial charge in [-0.15, -0.1) is 0 Å². The van der Waals surface area contributed by atoms with Crippen LogP contribution in [0.1, 0.15) is 52.4 Å². The third kappa shape index (κ3) is 3.54. The molecule has 0 aromatic carbocycles. The molecule has 1 heterocycles. The number of rotatable bonds is 5. The molecule has 0 bridgehead atoms. The number of ether oxygens (including phenoxy) is 1. The Hall–Kier alpha value is -1.12. The van der Waals surface area contributed by atoms with Crippen molar-refractivity contribution in [2.75, 3.05) is 19.7 Å². The maximum Gasteiger partial charge on any atom is 0.237 e. The fourth-order valence-corrected chi connectivity index (χ4v) is 5.00. The molecule has 3 fully saturated rings. The first-order chi connectivity index (χ1) is 11.0. The van der Waals surface area contributed by atoms with Crippen molar-refractivity contribution < 1.29 is 9.53 Å². The van der Waals surface area contributed by atoms with Gasteiger partial charge in [0, 0.05) is 18.7 Å². The third-order valence-electron chi connectivity index (χ3n) is 6.01. The zero-order valence-electron chi connectivity index (χ0n) is 14.4. The van der Waals surface area contributed by atoms with E-state index in [0.717, 1.165) is 50.7 Å². The van der Waals surface area contributed by atoms with Crippen molar-refractivity contribution >= 4 is 5.91 Å². The second-order valence-corrected chi connectivity index (χ2v) is 7.77. The minimum absolute atomic E-state index is 0.0596. The molecule has 2 aliphatic carbocycles. The van der Waals surface area contributed by atoms with E-state index in [2.05, 4.69) is 25.2 Å². The molecule has 1 amide bonds. The SMILES string of the molecule is CCO[C@@H]1C[C@@H]2C[C@@](C)(NCC(=O)N3CCC[C@H]3C#N)C[C@@H]2C1. The zero-order valence-corrected chi connectivity index (χ0v) is 14.4. The molecule has 128 valence electrons. The molecule has 1 N–H and O–H groups in total. The molecule has 5 atom stereocenters. The summed E-state index contributed by atoms with van der Waals surface area (Å²) in [6.45, 7) is 6.22. The van der Waals surface area contributed by atoms with E-state index in [1.54, 1.807) is 4.90 Å². The second-order valence-electron chi connectivity index (χ2n) is 7.77. The lowest BCUT2D eigenvalue weighted by Gasteiger charge is -2.29. The van der Waals surface area contributed by atoms with Gasteiger partial charge in [0.2, 0.25) is 5.91 Å². The highest BCUT2D eigenvalue weighted by Crippen LogP contribution is 2.49. The first-order valence-corrected chi connectivity index (χ1v) is 9.10. The van der Waals surface area contributed by atoms with Crippen molar-refractivity contribution in [3.8, 4) is 6.07 Å². The number of likely N-dealkylation sites (tertiary alicyclic amines) is 1. The summed E-state index contributed by atoms with van der Waals surface area (Å²) in [4.78, 5) is 14.1. The molecule has 0 unspecified atom stereocenters. The Kier molecular flexibility index (Phi) is 4.93. The summed E-state index contributed by atoms with van der Waals surface area (Å²) < 4.78 is 5.79. The van der Waals surface area contributed by atoms with E-state index >= 15 is 0 Å². The minimum atomic E-state index is -0.216. The van der Waals surface area contributed by atoms with Crippen LogP contribution in [0.5, 0.6) is 0 Å². The Labute approximate surface area is 139 Å². The first kappa shape index (κ1) is 16.7. The normalized spacial score (nSPS) is 39.4. The maximum atomic E-state index is 12.4. The Morgan fingerprint density at radius 2 is 2.09 bits per heavy atom. The second kappa shape index (κ2) is 6.78. The third-order valence-corrected chi connectivity index (χ3v) is 6.01. The van der Waals surface area contributed by atoms with Gasteiger partial charge in [0.05, 0.1) is 18.7 Å². The van der Waals surface area contributed by atoms with Gasteiger partial charge in [0.15, 0.2) is 0 Å². The number of nitrogens with one attached hydrogen (secondary N) is 1. The van der Waals surface area contributed by atoms with E-state index in [1.165, 1.54) is 12.8 Å². The highest BCUT2D eigenvalue weighted by atomic mass is 16.5. The average molecular weight is 319 g/mol. The van der Waals surface area contributed by atoms with Crippen molar-refractivity contribution in [3.63, 3.8) is 0 Å². The number of nitriles is 1. The van der Waals surface area contributed by atoms with E-state index in [-0.39, 0.29) is 17.5 Å². The van der Waals surface area contributed by atoms with Crippen LogP contribution in [0.4, 0.5) is 0 Å². The van der Waals surface area contributed by atoms with Crippen LogP contribution in [-0.2, 0) is 9.53 Å². The minimum Gasteiger partial charge on any atom is -0.378 e. The summed E-state index contributed by atoms with van der Waals surface area (Å²) in [5, 5.41) is 12.6. The van der Waals surface area contributed by atoms with E-state index in [0.29, 0.717) is 12.6 Å².